The van der Waals surface area contributed by atoms with E-state index in [-0.39, 0.29) is 30.1 Å². The highest BCUT2D eigenvalue weighted by atomic mass is 32.1. The summed E-state index contributed by atoms with van der Waals surface area (Å²) in [5, 5.41) is 34.1. The molecule has 1 aromatic carbocycles. The summed E-state index contributed by atoms with van der Waals surface area (Å²) >= 11 is 3.93. The molecular formula is C20H25N3O9S. The van der Waals surface area contributed by atoms with Crippen LogP contribution in [0.3, 0.4) is 0 Å². The maximum Gasteiger partial charge on any atom is 0.326 e. The third-order valence-electron chi connectivity index (χ3n) is 4.15. The molecule has 3 amide bonds. The number of carboxylic acid groups (broad SMARTS) is 2. The van der Waals surface area contributed by atoms with Gasteiger partial charge in [0.1, 0.15) is 18.6 Å². The van der Waals surface area contributed by atoms with Crippen LogP contribution >= 0.6 is 12.6 Å². The SMILES string of the molecule is COc1cc(/C=C/C(=O)N[C@@H](CCC(=O)N[C@@H](CS)C(=O)NCC(=O)O)C(=O)O)ccc1O. The number of phenolic OH excluding ortho intramolecular Hbond substituents is 1. The molecule has 0 aliphatic rings. The van der Waals surface area contributed by atoms with Gasteiger partial charge in [-0.25, -0.2) is 4.79 Å². The minimum Gasteiger partial charge on any atom is -0.504 e. The Labute approximate surface area is 194 Å². The average molecular weight is 483 g/mol. The molecule has 1 aromatic rings. The van der Waals surface area contributed by atoms with Crippen molar-refractivity contribution in [3.63, 3.8) is 0 Å². The predicted molar refractivity (Wildman–Crippen MR) is 119 cm³/mol. The summed E-state index contributed by atoms with van der Waals surface area (Å²) in [5.74, 6) is -4.76. The van der Waals surface area contributed by atoms with Gasteiger partial charge in [-0.3, -0.25) is 19.2 Å². The largest absolute Gasteiger partial charge is 0.504 e. The number of ether oxygens (including phenoxy) is 1. The standard InChI is InChI=1S/C20H25N3O9S/c1-32-15-8-11(2-5-14(15)24)3-6-16(25)22-12(20(30)31)4-7-17(26)23-13(10-33)19(29)21-9-18(27)28/h2-3,5-6,8,12-13,24,33H,4,7,9-10H2,1H3,(H,21,29)(H,22,25)(H,23,26)(H,27,28)(H,30,31)/b6-3+/t12-,13-/m0/s1. The lowest BCUT2D eigenvalue weighted by atomic mass is 10.1. The fraction of sp³-hybridized carbons (Fsp3) is 0.350. The molecule has 180 valence electrons. The normalized spacial score (nSPS) is 12.4. The van der Waals surface area contributed by atoms with Crippen LogP contribution in [0.1, 0.15) is 18.4 Å². The first-order valence-electron chi connectivity index (χ1n) is 9.55. The molecule has 12 nitrogen and oxygen atoms in total. The van der Waals surface area contributed by atoms with Crippen molar-refractivity contribution in [2.45, 2.75) is 24.9 Å². The Morgan fingerprint density at radius 3 is 2.39 bits per heavy atom. The zero-order valence-corrected chi connectivity index (χ0v) is 18.5. The summed E-state index contributed by atoms with van der Waals surface area (Å²) in [4.78, 5) is 57.9. The summed E-state index contributed by atoms with van der Waals surface area (Å²) in [6, 6.07) is 1.88. The van der Waals surface area contributed by atoms with Crippen molar-refractivity contribution in [1.29, 1.82) is 0 Å². The molecule has 0 saturated carbocycles. The Kier molecular flexibility index (Phi) is 11.3. The van der Waals surface area contributed by atoms with Crippen LogP contribution in [0.4, 0.5) is 0 Å². The number of benzene rings is 1. The van der Waals surface area contributed by atoms with Crippen LogP contribution in [0.2, 0.25) is 0 Å². The zero-order valence-electron chi connectivity index (χ0n) is 17.6. The van der Waals surface area contributed by atoms with Gasteiger partial charge in [0, 0.05) is 18.2 Å². The number of amides is 3. The highest BCUT2D eigenvalue weighted by Crippen LogP contribution is 2.26. The molecule has 6 N–H and O–H groups in total. The molecule has 1 rings (SSSR count). The molecule has 2 atom stereocenters. The fourth-order valence-corrected chi connectivity index (χ4v) is 2.73. The van der Waals surface area contributed by atoms with E-state index in [1.807, 2.05) is 0 Å². The summed E-state index contributed by atoms with van der Waals surface area (Å²) in [6.07, 6.45) is 1.89. The van der Waals surface area contributed by atoms with Gasteiger partial charge in [-0.15, -0.1) is 0 Å². The van der Waals surface area contributed by atoms with Crippen molar-refractivity contribution >= 4 is 48.4 Å². The molecule has 0 radical (unpaired) electrons. The third-order valence-corrected chi connectivity index (χ3v) is 4.52. The van der Waals surface area contributed by atoms with Crippen molar-refractivity contribution < 1.29 is 44.0 Å². The molecule has 0 saturated heterocycles. The minimum absolute atomic E-state index is 0.0807. The number of hydrogen-bond donors (Lipinski definition) is 7. The second kappa shape index (κ2) is 13.6. The molecule has 0 aliphatic heterocycles. The van der Waals surface area contributed by atoms with Gasteiger partial charge in [0.15, 0.2) is 11.5 Å². The lowest BCUT2D eigenvalue weighted by Crippen LogP contribution is -2.49. The van der Waals surface area contributed by atoms with Gasteiger partial charge in [0.05, 0.1) is 7.11 Å². The Morgan fingerprint density at radius 1 is 1.12 bits per heavy atom. The minimum atomic E-state index is -1.38. The second-order valence-corrected chi connectivity index (χ2v) is 6.98. The second-order valence-electron chi connectivity index (χ2n) is 6.62. The lowest BCUT2D eigenvalue weighted by Gasteiger charge is -2.17. The number of hydrogen-bond acceptors (Lipinski definition) is 8. The molecule has 0 spiro atoms. The molecule has 0 aliphatic carbocycles. The monoisotopic (exact) mass is 483 g/mol. The number of aromatic hydroxyl groups is 1. The molecule has 13 heteroatoms. The quantitative estimate of drug-likeness (QED) is 0.141. The van der Waals surface area contributed by atoms with E-state index in [1.165, 1.54) is 31.4 Å². The molecular weight excluding hydrogens is 458 g/mol. The van der Waals surface area contributed by atoms with Gasteiger partial charge in [0.25, 0.3) is 0 Å². The van der Waals surface area contributed by atoms with Gasteiger partial charge in [-0.2, -0.15) is 12.6 Å². The Morgan fingerprint density at radius 2 is 1.82 bits per heavy atom. The summed E-state index contributed by atoms with van der Waals surface area (Å²) in [5.41, 5.74) is 0.519. The first-order chi connectivity index (χ1) is 15.6. The molecule has 0 unspecified atom stereocenters. The maximum absolute atomic E-state index is 12.1. The van der Waals surface area contributed by atoms with Crippen LogP contribution in [-0.2, 0) is 24.0 Å². The number of aliphatic carboxylic acids is 2. The van der Waals surface area contributed by atoms with E-state index in [1.54, 1.807) is 0 Å². The van der Waals surface area contributed by atoms with Gasteiger partial charge in [0.2, 0.25) is 17.7 Å². The fourth-order valence-electron chi connectivity index (χ4n) is 2.47. The van der Waals surface area contributed by atoms with Crippen LogP contribution in [0.25, 0.3) is 6.08 Å². The van der Waals surface area contributed by atoms with E-state index >= 15 is 0 Å². The van der Waals surface area contributed by atoms with Gasteiger partial charge < -0.3 is 36.0 Å². The number of phenols is 1. The van der Waals surface area contributed by atoms with Crippen molar-refractivity contribution in [2.75, 3.05) is 19.4 Å². The van der Waals surface area contributed by atoms with Crippen LogP contribution in [0.15, 0.2) is 24.3 Å². The smallest absolute Gasteiger partial charge is 0.326 e. The van der Waals surface area contributed by atoms with Crippen LogP contribution in [-0.4, -0.2) is 76.5 Å². The van der Waals surface area contributed by atoms with Crippen LogP contribution in [0, 0.1) is 0 Å². The van der Waals surface area contributed by atoms with Crippen LogP contribution < -0.4 is 20.7 Å². The zero-order chi connectivity index (χ0) is 25.0. The van der Waals surface area contributed by atoms with E-state index in [2.05, 4.69) is 28.6 Å². The van der Waals surface area contributed by atoms with E-state index < -0.39 is 48.3 Å². The summed E-state index contributed by atoms with van der Waals surface area (Å²) < 4.78 is 4.96. The number of thiol groups is 1. The van der Waals surface area contributed by atoms with Crippen molar-refractivity contribution in [1.82, 2.24) is 16.0 Å². The maximum atomic E-state index is 12.1. The van der Waals surface area contributed by atoms with Crippen molar-refractivity contribution in [2.24, 2.45) is 0 Å². The topological polar surface area (TPSA) is 191 Å². The number of rotatable bonds is 13. The van der Waals surface area contributed by atoms with Gasteiger partial charge >= 0.3 is 11.9 Å². The summed E-state index contributed by atoms with van der Waals surface area (Å²) in [6.45, 7) is -0.628. The molecule has 0 heterocycles. The van der Waals surface area contributed by atoms with Gasteiger partial charge in [-0.05, 0) is 30.2 Å². The lowest BCUT2D eigenvalue weighted by molar-refractivity contribution is -0.141. The number of carbonyl (C=O) groups excluding carboxylic acids is 3. The van der Waals surface area contributed by atoms with E-state index in [9.17, 15) is 34.2 Å². The number of carbonyl (C=O) groups is 5. The molecule has 33 heavy (non-hydrogen) atoms. The Balaban J connectivity index is 2.62. The summed E-state index contributed by atoms with van der Waals surface area (Å²) in [7, 11) is 1.36. The van der Waals surface area contributed by atoms with Gasteiger partial charge in [-0.1, -0.05) is 6.07 Å². The highest BCUT2D eigenvalue weighted by Gasteiger charge is 2.23. The van der Waals surface area contributed by atoms with Crippen molar-refractivity contribution in [3.8, 4) is 11.5 Å². The number of nitrogens with one attached hydrogen (secondary N) is 3. The van der Waals surface area contributed by atoms with Crippen LogP contribution in [0.5, 0.6) is 11.5 Å². The van der Waals surface area contributed by atoms with E-state index in [0.29, 0.717) is 5.56 Å². The highest BCUT2D eigenvalue weighted by molar-refractivity contribution is 7.80. The Hall–Kier alpha value is -3.74. The first-order valence-corrected chi connectivity index (χ1v) is 10.2. The number of methoxy groups -OCH3 is 1. The predicted octanol–water partition coefficient (Wildman–Crippen LogP) is -0.621. The van der Waals surface area contributed by atoms with E-state index in [0.717, 1.165) is 6.08 Å². The molecule has 0 bridgehead atoms. The number of carboxylic acids is 2. The molecule has 0 aromatic heterocycles. The van der Waals surface area contributed by atoms with E-state index in [4.69, 9.17) is 9.84 Å². The first kappa shape index (κ1) is 27.3. The van der Waals surface area contributed by atoms with Crippen molar-refractivity contribution in [3.05, 3.63) is 29.8 Å². The average Bonchev–Trinajstić information content (AvgIpc) is 2.77. The third kappa shape index (κ3) is 9.95. The molecule has 0 fully saturated rings. The Bertz CT molecular complexity index is 920.